The molecule has 5 heteroatoms. The average Bonchev–Trinajstić information content (AvgIpc) is 2.84. The maximum absolute atomic E-state index is 12.2. The molecule has 2 aliphatic rings. The van der Waals surface area contributed by atoms with Crippen LogP contribution in [0.2, 0.25) is 0 Å². The van der Waals surface area contributed by atoms with Crippen LogP contribution in [-0.4, -0.2) is 40.8 Å². The first-order chi connectivity index (χ1) is 7.72. The van der Waals surface area contributed by atoms with Crippen molar-refractivity contribution in [2.24, 2.45) is 7.05 Å². The highest BCUT2D eigenvalue weighted by Gasteiger charge is 2.37. The summed E-state index contributed by atoms with van der Waals surface area (Å²) >= 11 is 0. The first-order valence-corrected chi connectivity index (χ1v) is 5.70. The van der Waals surface area contributed by atoms with Crippen LogP contribution in [0.15, 0.2) is 18.7 Å². The summed E-state index contributed by atoms with van der Waals surface area (Å²) in [5.41, 5.74) is 0. The van der Waals surface area contributed by atoms with E-state index in [0.717, 1.165) is 25.9 Å². The molecule has 2 aliphatic heterocycles. The molecule has 5 nitrogen and oxygen atoms in total. The van der Waals surface area contributed by atoms with Gasteiger partial charge in [0.05, 0.1) is 32.3 Å². The summed E-state index contributed by atoms with van der Waals surface area (Å²) in [5, 5.41) is 0. The van der Waals surface area contributed by atoms with Gasteiger partial charge >= 0.3 is 6.03 Å². The maximum atomic E-state index is 12.2. The Morgan fingerprint density at radius 3 is 2.62 bits per heavy atom. The lowest BCUT2D eigenvalue weighted by atomic mass is 10.2. The molecule has 86 valence electrons. The first kappa shape index (κ1) is 9.84. The number of likely N-dealkylation sites (tertiary alicyclic amines) is 1. The summed E-state index contributed by atoms with van der Waals surface area (Å²) in [7, 11) is 1.91. The summed E-state index contributed by atoms with van der Waals surface area (Å²) in [6, 6.07) is 0.0563. The van der Waals surface area contributed by atoms with Gasteiger partial charge in [-0.15, -0.1) is 0 Å². The molecule has 0 radical (unpaired) electrons. The van der Waals surface area contributed by atoms with Crippen LogP contribution in [-0.2, 0) is 11.8 Å². The van der Waals surface area contributed by atoms with Crippen LogP contribution in [0.3, 0.4) is 0 Å². The van der Waals surface area contributed by atoms with E-state index in [1.807, 2.05) is 22.7 Å². The SMILES string of the molecule is C[n+]1ccn(C(=O)N2CC3CCC(C2)O3)c1. The number of ether oxygens (including phenoxy) is 1. The number of fused-ring (bicyclic) bond motifs is 2. The third-order valence-corrected chi connectivity index (χ3v) is 3.30. The third-order valence-electron chi connectivity index (χ3n) is 3.30. The fourth-order valence-corrected chi connectivity index (χ4v) is 2.50. The van der Waals surface area contributed by atoms with Crippen LogP contribution in [0.5, 0.6) is 0 Å². The van der Waals surface area contributed by atoms with Gasteiger partial charge in [0.1, 0.15) is 12.4 Å². The molecule has 0 saturated carbocycles. The smallest absolute Gasteiger partial charge is 0.371 e. The van der Waals surface area contributed by atoms with E-state index >= 15 is 0 Å². The van der Waals surface area contributed by atoms with E-state index in [2.05, 4.69) is 0 Å². The van der Waals surface area contributed by atoms with Crippen LogP contribution >= 0.6 is 0 Å². The number of morpholine rings is 1. The van der Waals surface area contributed by atoms with Crippen molar-refractivity contribution in [2.75, 3.05) is 13.1 Å². The molecule has 3 rings (SSSR count). The van der Waals surface area contributed by atoms with Gasteiger partial charge in [-0.25, -0.2) is 9.36 Å². The van der Waals surface area contributed by atoms with E-state index in [0.29, 0.717) is 0 Å². The lowest BCUT2D eigenvalue weighted by Gasteiger charge is -2.30. The molecule has 1 aromatic rings. The molecule has 0 spiro atoms. The van der Waals surface area contributed by atoms with Gasteiger partial charge in [0.15, 0.2) is 0 Å². The van der Waals surface area contributed by atoms with E-state index in [1.54, 1.807) is 17.1 Å². The van der Waals surface area contributed by atoms with Gasteiger partial charge in [0, 0.05) is 0 Å². The van der Waals surface area contributed by atoms with Crippen LogP contribution in [0.25, 0.3) is 0 Å². The second kappa shape index (κ2) is 3.59. The van der Waals surface area contributed by atoms with Crippen LogP contribution < -0.4 is 4.57 Å². The van der Waals surface area contributed by atoms with Crippen molar-refractivity contribution in [3.05, 3.63) is 18.7 Å². The molecule has 2 atom stereocenters. The monoisotopic (exact) mass is 222 g/mol. The number of aromatic nitrogens is 2. The quantitative estimate of drug-likeness (QED) is 0.586. The highest BCUT2D eigenvalue weighted by Crippen LogP contribution is 2.26. The molecule has 1 amide bonds. The van der Waals surface area contributed by atoms with Crippen molar-refractivity contribution < 1.29 is 14.1 Å². The van der Waals surface area contributed by atoms with Gasteiger partial charge in [-0.3, -0.25) is 4.90 Å². The van der Waals surface area contributed by atoms with Gasteiger partial charge in [-0.05, 0) is 12.8 Å². The zero-order valence-corrected chi connectivity index (χ0v) is 9.37. The van der Waals surface area contributed by atoms with E-state index in [9.17, 15) is 4.79 Å². The molecule has 2 bridgehead atoms. The van der Waals surface area contributed by atoms with Crippen molar-refractivity contribution >= 4 is 6.03 Å². The van der Waals surface area contributed by atoms with Crippen molar-refractivity contribution in [3.8, 4) is 0 Å². The van der Waals surface area contributed by atoms with E-state index in [-0.39, 0.29) is 18.2 Å². The zero-order valence-electron chi connectivity index (χ0n) is 9.37. The zero-order chi connectivity index (χ0) is 11.1. The lowest BCUT2D eigenvalue weighted by Crippen LogP contribution is -2.47. The van der Waals surface area contributed by atoms with Gasteiger partial charge in [-0.2, -0.15) is 4.57 Å². The number of hydrogen-bond donors (Lipinski definition) is 0. The molecule has 2 fully saturated rings. The Balaban J connectivity index is 1.76. The Morgan fingerprint density at radius 2 is 2.06 bits per heavy atom. The van der Waals surface area contributed by atoms with Gasteiger partial charge in [-0.1, -0.05) is 0 Å². The van der Waals surface area contributed by atoms with Crippen LogP contribution in [0, 0.1) is 0 Å². The molecular formula is C11H16N3O2+. The molecule has 16 heavy (non-hydrogen) atoms. The fourth-order valence-electron chi connectivity index (χ4n) is 2.50. The molecule has 2 unspecified atom stereocenters. The van der Waals surface area contributed by atoms with Crippen molar-refractivity contribution in [1.82, 2.24) is 9.47 Å². The second-order valence-electron chi connectivity index (χ2n) is 4.63. The molecule has 3 heterocycles. The van der Waals surface area contributed by atoms with Crippen molar-refractivity contribution in [1.29, 1.82) is 0 Å². The van der Waals surface area contributed by atoms with E-state index in [1.165, 1.54) is 0 Å². The lowest BCUT2D eigenvalue weighted by molar-refractivity contribution is -0.670. The summed E-state index contributed by atoms with van der Waals surface area (Å²) in [6.45, 7) is 1.47. The average molecular weight is 222 g/mol. The van der Waals surface area contributed by atoms with E-state index in [4.69, 9.17) is 4.74 Å². The number of hydrogen-bond acceptors (Lipinski definition) is 2. The number of imidazole rings is 1. The Labute approximate surface area is 94.2 Å². The molecule has 0 aromatic carbocycles. The number of carbonyl (C=O) groups excluding carboxylic acids is 1. The Bertz CT molecular complexity index is 403. The molecular weight excluding hydrogens is 206 g/mol. The largest absolute Gasteiger partial charge is 0.415 e. The predicted octanol–water partition coefficient (Wildman–Crippen LogP) is 0.144. The topological polar surface area (TPSA) is 38.3 Å². The summed E-state index contributed by atoms with van der Waals surface area (Å²) in [4.78, 5) is 14.0. The van der Waals surface area contributed by atoms with E-state index < -0.39 is 0 Å². The normalized spacial score (nSPS) is 28.4. The summed E-state index contributed by atoms with van der Waals surface area (Å²) < 4.78 is 9.21. The standard InChI is InChI=1S/C11H16N3O2/c1-12-4-5-13(8-12)11(15)14-6-9-2-3-10(7-14)16-9/h4-5,8-10H,2-3,6-7H2,1H3/q+1. The van der Waals surface area contributed by atoms with Crippen molar-refractivity contribution in [3.63, 3.8) is 0 Å². The number of nitrogens with zero attached hydrogens (tertiary/aromatic N) is 3. The van der Waals surface area contributed by atoms with Gasteiger partial charge in [0.2, 0.25) is 0 Å². The third kappa shape index (κ3) is 1.61. The summed E-state index contributed by atoms with van der Waals surface area (Å²) in [6.07, 6.45) is 8.15. The van der Waals surface area contributed by atoms with Crippen molar-refractivity contribution in [2.45, 2.75) is 25.0 Å². The van der Waals surface area contributed by atoms with Gasteiger partial charge in [0.25, 0.3) is 6.33 Å². The molecule has 2 saturated heterocycles. The highest BCUT2D eigenvalue weighted by molar-refractivity contribution is 5.76. The molecule has 0 aliphatic carbocycles. The van der Waals surface area contributed by atoms with Crippen LogP contribution in [0.1, 0.15) is 12.8 Å². The maximum Gasteiger partial charge on any atom is 0.415 e. The Kier molecular flexibility index (Phi) is 2.21. The summed E-state index contributed by atoms with van der Waals surface area (Å²) in [5.74, 6) is 0. The number of aryl methyl sites for hydroxylation is 1. The Hall–Kier alpha value is -1.36. The number of amides is 1. The minimum absolute atomic E-state index is 0.0563. The number of rotatable bonds is 0. The fraction of sp³-hybridized carbons (Fsp3) is 0.636. The Morgan fingerprint density at radius 1 is 1.38 bits per heavy atom. The first-order valence-electron chi connectivity index (χ1n) is 5.70. The molecule has 1 aromatic heterocycles. The van der Waals surface area contributed by atoms with Crippen LogP contribution in [0.4, 0.5) is 4.79 Å². The minimum Gasteiger partial charge on any atom is -0.371 e. The molecule has 0 N–H and O–H groups in total. The minimum atomic E-state index is 0.0563. The second-order valence-corrected chi connectivity index (χ2v) is 4.63. The van der Waals surface area contributed by atoms with Gasteiger partial charge < -0.3 is 4.74 Å². The predicted molar refractivity (Wildman–Crippen MR) is 55.9 cm³/mol. The highest BCUT2D eigenvalue weighted by atomic mass is 16.5. The number of carbonyl (C=O) groups is 1.